The van der Waals surface area contributed by atoms with Crippen molar-refractivity contribution >= 4 is 5.97 Å². The average molecular weight is 326 g/mol. The van der Waals surface area contributed by atoms with Gasteiger partial charge in [0.2, 0.25) is 0 Å². The average Bonchev–Trinajstić information content (AvgIpc) is 2.64. The Bertz CT molecular complexity index is 662. The molecule has 0 spiro atoms. The van der Waals surface area contributed by atoms with Gasteiger partial charge in [0.15, 0.2) is 0 Å². The van der Waals surface area contributed by atoms with Crippen LogP contribution >= 0.6 is 0 Å². The third-order valence-corrected chi connectivity index (χ3v) is 4.66. The summed E-state index contributed by atoms with van der Waals surface area (Å²) >= 11 is 0. The normalized spacial score (nSPS) is 16.4. The highest BCUT2D eigenvalue weighted by molar-refractivity contribution is 5.78. The molecule has 0 radical (unpaired) electrons. The number of ether oxygens (including phenoxy) is 1. The van der Waals surface area contributed by atoms with Gasteiger partial charge in [-0.25, -0.2) is 4.79 Å². The van der Waals surface area contributed by atoms with Crippen LogP contribution in [0.5, 0.6) is 11.5 Å². The molecule has 0 amide bonds. The SMILES string of the molecule is O=C(OO)C(c1cccc(Oc2ccccc2)c1)C1CCCCC1. The highest BCUT2D eigenvalue weighted by Crippen LogP contribution is 2.38. The minimum absolute atomic E-state index is 0.199. The zero-order chi connectivity index (χ0) is 16.8. The molecule has 1 saturated carbocycles. The minimum Gasteiger partial charge on any atom is -0.457 e. The summed E-state index contributed by atoms with van der Waals surface area (Å²) < 4.78 is 5.86. The molecule has 0 aromatic heterocycles. The fraction of sp³-hybridized carbons (Fsp3) is 0.350. The number of hydrogen-bond donors (Lipinski definition) is 1. The minimum atomic E-state index is -0.584. The first-order valence-corrected chi connectivity index (χ1v) is 8.46. The molecule has 3 rings (SSSR count). The van der Waals surface area contributed by atoms with E-state index >= 15 is 0 Å². The number of rotatable bonds is 5. The predicted molar refractivity (Wildman–Crippen MR) is 91.0 cm³/mol. The van der Waals surface area contributed by atoms with Crippen molar-refractivity contribution in [1.82, 2.24) is 0 Å². The quantitative estimate of drug-likeness (QED) is 0.609. The fourth-order valence-corrected chi connectivity index (χ4v) is 3.52. The van der Waals surface area contributed by atoms with Crippen LogP contribution in [-0.2, 0) is 9.68 Å². The van der Waals surface area contributed by atoms with Crippen molar-refractivity contribution in [2.24, 2.45) is 5.92 Å². The summed E-state index contributed by atoms with van der Waals surface area (Å²) in [7, 11) is 0. The molecule has 2 aromatic carbocycles. The van der Waals surface area contributed by atoms with Gasteiger partial charge in [0.05, 0.1) is 5.92 Å². The number of benzene rings is 2. The number of carbonyl (C=O) groups is 1. The Morgan fingerprint density at radius 3 is 2.38 bits per heavy atom. The monoisotopic (exact) mass is 326 g/mol. The molecule has 1 aliphatic carbocycles. The lowest BCUT2D eigenvalue weighted by molar-refractivity contribution is -0.237. The molecule has 1 fully saturated rings. The second-order valence-corrected chi connectivity index (χ2v) is 6.27. The maximum atomic E-state index is 12.2. The smallest absolute Gasteiger partial charge is 0.349 e. The van der Waals surface area contributed by atoms with Gasteiger partial charge in [-0.3, -0.25) is 0 Å². The van der Waals surface area contributed by atoms with Crippen molar-refractivity contribution in [2.75, 3.05) is 0 Å². The van der Waals surface area contributed by atoms with Gasteiger partial charge in [0.25, 0.3) is 0 Å². The Hall–Kier alpha value is -2.33. The van der Waals surface area contributed by atoms with E-state index in [0.717, 1.165) is 37.0 Å². The Morgan fingerprint density at radius 1 is 0.958 bits per heavy atom. The van der Waals surface area contributed by atoms with Gasteiger partial charge < -0.3 is 9.62 Å². The first-order valence-electron chi connectivity index (χ1n) is 8.46. The van der Waals surface area contributed by atoms with Gasteiger partial charge in [-0.2, -0.15) is 5.26 Å². The summed E-state index contributed by atoms with van der Waals surface area (Å²) in [6.07, 6.45) is 5.38. The molecule has 0 aliphatic heterocycles. The molecule has 0 saturated heterocycles. The third-order valence-electron chi connectivity index (χ3n) is 4.66. The molecule has 2 aromatic rings. The number of carbonyl (C=O) groups excluding carboxylic acids is 1. The molecule has 4 nitrogen and oxygen atoms in total. The topological polar surface area (TPSA) is 55.8 Å². The van der Waals surface area contributed by atoms with Crippen LogP contribution in [-0.4, -0.2) is 11.2 Å². The molecule has 0 bridgehead atoms. The summed E-state index contributed by atoms with van der Waals surface area (Å²) in [5.74, 6) is 0.581. The van der Waals surface area contributed by atoms with E-state index in [2.05, 4.69) is 4.89 Å². The fourth-order valence-electron chi connectivity index (χ4n) is 3.52. The van der Waals surface area contributed by atoms with Crippen LogP contribution in [0.25, 0.3) is 0 Å². The summed E-state index contributed by atoms with van der Waals surface area (Å²) in [5, 5.41) is 8.92. The lowest BCUT2D eigenvalue weighted by atomic mass is 9.77. The van der Waals surface area contributed by atoms with E-state index in [1.807, 2.05) is 54.6 Å². The van der Waals surface area contributed by atoms with Gasteiger partial charge in [0.1, 0.15) is 11.5 Å². The van der Waals surface area contributed by atoms with Gasteiger partial charge in [-0.1, -0.05) is 49.6 Å². The molecule has 1 unspecified atom stereocenters. The maximum Gasteiger partial charge on any atom is 0.349 e. The van der Waals surface area contributed by atoms with E-state index < -0.39 is 11.9 Å². The van der Waals surface area contributed by atoms with Crippen LogP contribution in [0, 0.1) is 5.92 Å². The molecule has 0 heterocycles. The zero-order valence-corrected chi connectivity index (χ0v) is 13.6. The van der Waals surface area contributed by atoms with E-state index in [-0.39, 0.29) is 5.92 Å². The van der Waals surface area contributed by atoms with Crippen molar-refractivity contribution in [2.45, 2.75) is 38.0 Å². The van der Waals surface area contributed by atoms with E-state index in [1.54, 1.807) is 0 Å². The lowest BCUT2D eigenvalue weighted by Crippen LogP contribution is -2.25. The van der Waals surface area contributed by atoms with Crippen molar-refractivity contribution in [3.63, 3.8) is 0 Å². The molecular weight excluding hydrogens is 304 g/mol. The molecule has 1 atom stereocenters. The van der Waals surface area contributed by atoms with Crippen molar-refractivity contribution < 1.29 is 19.7 Å². The molecule has 4 heteroatoms. The van der Waals surface area contributed by atoms with Crippen LogP contribution in [0.3, 0.4) is 0 Å². The van der Waals surface area contributed by atoms with Gasteiger partial charge in [-0.15, -0.1) is 0 Å². The lowest BCUT2D eigenvalue weighted by Gasteiger charge is -2.28. The predicted octanol–water partition coefficient (Wildman–Crippen LogP) is 5.16. The Kier molecular flexibility index (Phi) is 5.49. The second-order valence-electron chi connectivity index (χ2n) is 6.27. The van der Waals surface area contributed by atoms with Crippen LogP contribution < -0.4 is 4.74 Å². The standard InChI is InChI=1S/C20H22O4/c21-20(24-22)19(15-8-3-1-4-9-15)16-10-7-13-18(14-16)23-17-11-5-2-6-12-17/h2,5-7,10-15,19,22H,1,3-4,8-9H2. The van der Waals surface area contributed by atoms with Crippen LogP contribution in [0.1, 0.15) is 43.6 Å². The van der Waals surface area contributed by atoms with Gasteiger partial charge in [0, 0.05) is 0 Å². The molecule has 1 aliphatic rings. The summed E-state index contributed by atoms with van der Waals surface area (Å²) in [4.78, 5) is 16.3. The molecule has 1 N–H and O–H groups in total. The molecule has 24 heavy (non-hydrogen) atoms. The number of hydrogen-bond acceptors (Lipinski definition) is 4. The van der Waals surface area contributed by atoms with E-state index in [9.17, 15) is 4.79 Å². The Labute approximate surface area is 142 Å². The largest absolute Gasteiger partial charge is 0.457 e. The first kappa shape index (κ1) is 16.5. The first-order chi connectivity index (χ1) is 11.8. The Balaban J connectivity index is 1.84. The molecule has 126 valence electrons. The number of para-hydroxylation sites is 1. The van der Waals surface area contributed by atoms with E-state index in [1.165, 1.54) is 6.42 Å². The van der Waals surface area contributed by atoms with E-state index in [0.29, 0.717) is 5.75 Å². The Morgan fingerprint density at radius 2 is 1.67 bits per heavy atom. The summed E-state index contributed by atoms with van der Waals surface area (Å²) in [6.45, 7) is 0. The highest BCUT2D eigenvalue weighted by Gasteiger charge is 2.32. The van der Waals surface area contributed by atoms with Crippen molar-refractivity contribution in [1.29, 1.82) is 0 Å². The van der Waals surface area contributed by atoms with Crippen molar-refractivity contribution in [3.05, 3.63) is 60.2 Å². The summed E-state index contributed by atoms with van der Waals surface area (Å²) in [5.41, 5.74) is 0.828. The second kappa shape index (κ2) is 7.97. The maximum absolute atomic E-state index is 12.2. The highest BCUT2D eigenvalue weighted by atomic mass is 17.1. The van der Waals surface area contributed by atoms with Crippen LogP contribution in [0.4, 0.5) is 0 Å². The molecular formula is C20H22O4. The van der Waals surface area contributed by atoms with Gasteiger partial charge in [-0.05, 0) is 48.6 Å². The van der Waals surface area contributed by atoms with Crippen LogP contribution in [0.15, 0.2) is 54.6 Å². The third kappa shape index (κ3) is 3.95. The van der Waals surface area contributed by atoms with E-state index in [4.69, 9.17) is 9.99 Å². The van der Waals surface area contributed by atoms with Crippen molar-refractivity contribution in [3.8, 4) is 11.5 Å². The zero-order valence-electron chi connectivity index (χ0n) is 13.6. The summed E-state index contributed by atoms with van der Waals surface area (Å²) in [6, 6.07) is 17.0. The van der Waals surface area contributed by atoms with Crippen LogP contribution in [0.2, 0.25) is 0 Å². The van der Waals surface area contributed by atoms with Gasteiger partial charge >= 0.3 is 5.97 Å².